The lowest BCUT2D eigenvalue weighted by atomic mass is 9.83. The van der Waals surface area contributed by atoms with E-state index in [1.54, 1.807) is 19.2 Å². The predicted molar refractivity (Wildman–Crippen MR) is 112 cm³/mol. The van der Waals surface area contributed by atoms with Gasteiger partial charge in [-0.2, -0.15) is 0 Å². The smallest absolute Gasteiger partial charge is 0.193 e. The zero-order valence-electron chi connectivity index (χ0n) is 15.5. The second-order valence-electron chi connectivity index (χ2n) is 6.99. The molecule has 1 saturated carbocycles. The molecule has 1 fully saturated rings. The van der Waals surface area contributed by atoms with Crippen LogP contribution in [0.4, 0.5) is 4.39 Å². The van der Waals surface area contributed by atoms with Crippen molar-refractivity contribution in [3.8, 4) is 0 Å². The number of hydrogen-bond donors (Lipinski definition) is 2. The van der Waals surface area contributed by atoms with Crippen LogP contribution in [0.25, 0.3) is 0 Å². The SMILES string of the molecule is CN=C(NCc1ccc(F)c(CO)c1)N(C)CC1CCC(C)CC1.I. The van der Waals surface area contributed by atoms with Crippen LogP contribution in [0.1, 0.15) is 43.7 Å². The number of aliphatic imine (C=N–C) groups is 1. The highest BCUT2D eigenvalue weighted by molar-refractivity contribution is 14.0. The van der Waals surface area contributed by atoms with E-state index in [0.29, 0.717) is 12.1 Å². The molecule has 0 atom stereocenters. The Morgan fingerprint density at radius 1 is 1.32 bits per heavy atom. The molecular formula is C19H31FIN3O. The Bertz CT molecular complexity index is 560. The topological polar surface area (TPSA) is 47.9 Å². The minimum Gasteiger partial charge on any atom is -0.392 e. The fourth-order valence-corrected chi connectivity index (χ4v) is 3.41. The predicted octanol–water partition coefficient (Wildman–Crippen LogP) is 3.77. The number of benzene rings is 1. The molecule has 142 valence electrons. The van der Waals surface area contributed by atoms with E-state index in [9.17, 15) is 4.39 Å². The van der Waals surface area contributed by atoms with E-state index in [-0.39, 0.29) is 36.4 Å². The van der Waals surface area contributed by atoms with Gasteiger partial charge < -0.3 is 15.3 Å². The zero-order valence-corrected chi connectivity index (χ0v) is 17.8. The summed E-state index contributed by atoms with van der Waals surface area (Å²) in [7, 11) is 3.85. The van der Waals surface area contributed by atoms with Gasteiger partial charge in [-0.1, -0.05) is 25.8 Å². The van der Waals surface area contributed by atoms with Gasteiger partial charge in [-0.15, -0.1) is 24.0 Å². The largest absolute Gasteiger partial charge is 0.392 e. The average molecular weight is 463 g/mol. The number of nitrogens with one attached hydrogen (secondary N) is 1. The molecule has 0 aliphatic heterocycles. The van der Waals surface area contributed by atoms with E-state index in [1.165, 1.54) is 31.7 Å². The highest BCUT2D eigenvalue weighted by Crippen LogP contribution is 2.28. The van der Waals surface area contributed by atoms with Crippen LogP contribution in [0.5, 0.6) is 0 Å². The van der Waals surface area contributed by atoms with Crippen LogP contribution in [-0.4, -0.2) is 36.6 Å². The van der Waals surface area contributed by atoms with Crippen molar-refractivity contribution in [1.29, 1.82) is 0 Å². The Labute approximate surface area is 167 Å². The van der Waals surface area contributed by atoms with Crippen molar-refractivity contribution in [2.24, 2.45) is 16.8 Å². The van der Waals surface area contributed by atoms with E-state index < -0.39 is 0 Å². The molecule has 1 aromatic rings. The molecule has 2 N–H and O–H groups in total. The third kappa shape index (κ3) is 6.73. The molecule has 0 saturated heterocycles. The maximum atomic E-state index is 13.4. The average Bonchev–Trinajstić information content (AvgIpc) is 2.58. The molecule has 25 heavy (non-hydrogen) atoms. The number of hydrogen-bond acceptors (Lipinski definition) is 2. The molecule has 1 aliphatic rings. The van der Waals surface area contributed by atoms with Gasteiger partial charge in [-0.05, 0) is 42.4 Å². The quantitative estimate of drug-likeness (QED) is 0.397. The van der Waals surface area contributed by atoms with Crippen molar-refractivity contribution in [3.63, 3.8) is 0 Å². The zero-order chi connectivity index (χ0) is 17.5. The van der Waals surface area contributed by atoms with E-state index in [0.717, 1.165) is 29.9 Å². The minimum atomic E-state index is -0.366. The van der Waals surface area contributed by atoms with E-state index in [2.05, 4.69) is 29.2 Å². The summed E-state index contributed by atoms with van der Waals surface area (Å²) in [5.74, 6) is 2.08. The Kier molecular flexibility index (Phi) is 9.71. The van der Waals surface area contributed by atoms with Gasteiger partial charge in [0.25, 0.3) is 0 Å². The van der Waals surface area contributed by atoms with Gasteiger partial charge in [0.1, 0.15) is 5.82 Å². The molecule has 0 radical (unpaired) electrons. The van der Waals surface area contributed by atoms with Crippen LogP contribution in [0, 0.1) is 17.7 Å². The number of aliphatic hydroxyl groups excluding tert-OH is 1. The minimum absolute atomic E-state index is 0. The lowest BCUT2D eigenvalue weighted by Crippen LogP contribution is -2.41. The summed E-state index contributed by atoms with van der Waals surface area (Å²) in [6.45, 7) is 3.63. The van der Waals surface area contributed by atoms with Crippen LogP contribution in [-0.2, 0) is 13.2 Å². The van der Waals surface area contributed by atoms with Crippen molar-refractivity contribution in [3.05, 3.63) is 35.1 Å². The molecule has 1 aromatic carbocycles. The van der Waals surface area contributed by atoms with Gasteiger partial charge in [0.15, 0.2) is 5.96 Å². The molecular weight excluding hydrogens is 432 g/mol. The van der Waals surface area contributed by atoms with Crippen molar-refractivity contribution in [1.82, 2.24) is 10.2 Å². The molecule has 0 bridgehead atoms. The molecule has 4 nitrogen and oxygen atoms in total. The number of halogens is 2. The van der Waals surface area contributed by atoms with Crippen LogP contribution < -0.4 is 5.32 Å². The maximum absolute atomic E-state index is 13.4. The molecule has 6 heteroatoms. The van der Waals surface area contributed by atoms with Gasteiger partial charge in [0, 0.05) is 32.7 Å². The van der Waals surface area contributed by atoms with Gasteiger partial charge >= 0.3 is 0 Å². The normalized spacial score (nSPS) is 20.8. The van der Waals surface area contributed by atoms with Gasteiger partial charge in [-0.25, -0.2) is 4.39 Å². The Morgan fingerprint density at radius 3 is 2.60 bits per heavy atom. The molecule has 0 spiro atoms. The first-order valence-corrected chi connectivity index (χ1v) is 8.83. The van der Waals surface area contributed by atoms with Crippen molar-refractivity contribution in [2.75, 3.05) is 20.6 Å². The summed E-state index contributed by atoms with van der Waals surface area (Å²) < 4.78 is 13.4. The van der Waals surface area contributed by atoms with E-state index in [4.69, 9.17) is 5.11 Å². The first-order chi connectivity index (χ1) is 11.5. The summed E-state index contributed by atoms with van der Waals surface area (Å²) in [5.41, 5.74) is 1.26. The first-order valence-electron chi connectivity index (χ1n) is 8.83. The Hall–Kier alpha value is -0.890. The number of guanidine groups is 1. The highest BCUT2D eigenvalue weighted by Gasteiger charge is 2.20. The third-order valence-corrected chi connectivity index (χ3v) is 4.97. The molecule has 0 aromatic heterocycles. The van der Waals surface area contributed by atoms with Crippen molar-refractivity contribution < 1.29 is 9.50 Å². The fourth-order valence-electron chi connectivity index (χ4n) is 3.41. The Morgan fingerprint density at radius 2 is 2.00 bits per heavy atom. The molecule has 0 heterocycles. The van der Waals surface area contributed by atoms with E-state index in [1.807, 2.05) is 0 Å². The van der Waals surface area contributed by atoms with Crippen LogP contribution in [0.2, 0.25) is 0 Å². The fraction of sp³-hybridized carbons (Fsp3) is 0.632. The van der Waals surface area contributed by atoms with Crippen LogP contribution in [0.3, 0.4) is 0 Å². The first kappa shape index (κ1) is 22.2. The third-order valence-electron chi connectivity index (χ3n) is 4.97. The number of aliphatic hydroxyl groups is 1. The molecule has 1 aliphatic carbocycles. The van der Waals surface area contributed by atoms with Gasteiger partial charge in [0.05, 0.1) is 6.61 Å². The van der Waals surface area contributed by atoms with Gasteiger partial charge in [0.2, 0.25) is 0 Å². The molecule has 0 amide bonds. The monoisotopic (exact) mass is 463 g/mol. The summed E-state index contributed by atoms with van der Waals surface area (Å²) in [4.78, 5) is 6.53. The number of nitrogens with zero attached hydrogens (tertiary/aromatic N) is 2. The highest BCUT2D eigenvalue weighted by atomic mass is 127. The second-order valence-corrected chi connectivity index (χ2v) is 6.99. The van der Waals surface area contributed by atoms with Crippen molar-refractivity contribution >= 4 is 29.9 Å². The van der Waals surface area contributed by atoms with Crippen molar-refractivity contribution in [2.45, 2.75) is 45.8 Å². The lowest BCUT2D eigenvalue weighted by Gasteiger charge is -2.31. The second kappa shape index (κ2) is 11.0. The summed E-state index contributed by atoms with van der Waals surface area (Å²) >= 11 is 0. The summed E-state index contributed by atoms with van der Waals surface area (Å²) in [5, 5.41) is 12.5. The summed E-state index contributed by atoms with van der Waals surface area (Å²) in [6, 6.07) is 4.83. The van der Waals surface area contributed by atoms with Crippen LogP contribution >= 0.6 is 24.0 Å². The molecule has 0 unspecified atom stereocenters. The number of rotatable bonds is 5. The lowest BCUT2D eigenvalue weighted by molar-refractivity contribution is 0.250. The Balaban J connectivity index is 0.00000312. The van der Waals surface area contributed by atoms with E-state index >= 15 is 0 Å². The van der Waals surface area contributed by atoms with Gasteiger partial charge in [-0.3, -0.25) is 4.99 Å². The van der Waals surface area contributed by atoms with Crippen LogP contribution in [0.15, 0.2) is 23.2 Å². The maximum Gasteiger partial charge on any atom is 0.193 e. The standard InChI is InChI=1S/C19H30FN3O.HI/c1-14-4-6-15(7-5-14)12-23(3)19(21-2)22-11-16-8-9-18(20)17(10-16)13-24;/h8-10,14-15,24H,4-7,11-13H2,1-3H3,(H,21,22);1H. The molecule has 2 rings (SSSR count). The summed E-state index contributed by atoms with van der Waals surface area (Å²) in [6.07, 6.45) is 5.23.